The Morgan fingerprint density at radius 2 is 1.92 bits per heavy atom. The van der Waals surface area contributed by atoms with Gasteiger partial charge in [0.2, 0.25) is 0 Å². The van der Waals surface area contributed by atoms with Crippen molar-refractivity contribution in [3.63, 3.8) is 0 Å². The molecule has 0 radical (unpaired) electrons. The lowest BCUT2D eigenvalue weighted by Gasteiger charge is -2.33. The molecular formula is C20H27N5O. The van der Waals surface area contributed by atoms with E-state index in [0.29, 0.717) is 5.92 Å². The minimum atomic E-state index is 0.349. The minimum Gasteiger partial charge on any atom is -0.380 e. The third-order valence-corrected chi connectivity index (χ3v) is 5.76. The van der Waals surface area contributed by atoms with E-state index in [4.69, 9.17) is 9.72 Å². The van der Waals surface area contributed by atoms with Crippen molar-refractivity contribution >= 4 is 5.82 Å². The number of ether oxygens (including phenoxy) is 1. The monoisotopic (exact) mass is 353 g/mol. The predicted octanol–water partition coefficient (Wildman–Crippen LogP) is 2.92. The fourth-order valence-corrected chi connectivity index (χ4v) is 3.88. The zero-order valence-electron chi connectivity index (χ0n) is 15.5. The van der Waals surface area contributed by atoms with E-state index in [0.717, 1.165) is 56.2 Å². The Morgan fingerprint density at radius 1 is 1.08 bits per heavy atom. The van der Waals surface area contributed by atoms with Gasteiger partial charge in [-0.05, 0) is 56.6 Å². The predicted molar refractivity (Wildman–Crippen MR) is 99.1 cm³/mol. The molecule has 0 saturated heterocycles. The molecule has 0 unspecified atom stereocenters. The first-order valence-electron chi connectivity index (χ1n) is 9.93. The fourth-order valence-electron chi connectivity index (χ4n) is 3.88. The van der Waals surface area contributed by atoms with Gasteiger partial charge < -0.3 is 14.2 Å². The van der Waals surface area contributed by atoms with Gasteiger partial charge in [0, 0.05) is 31.3 Å². The van der Waals surface area contributed by atoms with Crippen molar-refractivity contribution in [2.75, 3.05) is 24.7 Å². The van der Waals surface area contributed by atoms with Crippen LogP contribution in [-0.4, -0.2) is 39.5 Å². The number of imidazole rings is 1. The average molecular weight is 353 g/mol. The zero-order chi connectivity index (χ0) is 17.5. The summed E-state index contributed by atoms with van der Waals surface area (Å²) >= 11 is 0. The molecular weight excluding hydrogens is 326 g/mol. The number of aryl methyl sites for hydroxylation is 1. The highest BCUT2D eigenvalue weighted by Crippen LogP contribution is 2.36. The molecule has 3 heterocycles. The van der Waals surface area contributed by atoms with Crippen LogP contribution in [0.4, 0.5) is 5.82 Å². The highest BCUT2D eigenvalue weighted by Gasteiger charge is 2.33. The van der Waals surface area contributed by atoms with Crippen molar-refractivity contribution in [2.24, 2.45) is 11.8 Å². The third-order valence-electron chi connectivity index (χ3n) is 5.76. The number of nitrogens with zero attached hydrogens (tertiary/aromatic N) is 5. The van der Waals surface area contributed by atoms with E-state index in [1.54, 1.807) is 0 Å². The van der Waals surface area contributed by atoms with Crippen LogP contribution in [0.5, 0.6) is 0 Å². The van der Waals surface area contributed by atoms with Crippen LogP contribution >= 0.6 is 0 Å². The van der Waals surface area contributed by atoms with Crippen molar-refractivity contribution in [1.82, 2.24) is 19.7 Å². The van der Waals surface area contributed by atoms with E-state index in [1.165, 1.54) is 37.1 Å². The van der Waals surface area contributed by atoms with E-state index in [-0.39, 0.29) is 0 Å². The Kier molecular flexibility index (Phi) is 4.15. The van der Waals surface area contributed by atoms with Gasteiger partial charge in [-0.25, -0.2) is 4.98 Å². The van der Waals surface area contributed by atoms with E-state index in [2.05, 4.69) is 25.7 Å². The van der Waals surface area contributed by atoms with Gasteiger partial charge in [-0.3, -0.25) is 0 Å². The van der Waals surface area contributed by atoms with Crippen LogP contribution in [0.2, 0.25) is 0 Å². The maximum Gasteiger partial charge on any atom is 0.151 e. The number of hydrogen-bond donors (Lipinski definition) is 0. The molecule has 0 bridgehead atoms. The van der Waals surface area contributed by atoms with Crippen molar-refractivity contribution in [3.05, 3.63) is 35.5 Å². The third kappa shape index (κ3) is 3.47. The lowest BCUT2D eigenvalue weighted by Crippen LogP contribution is -2.37. The molecule has 138 valence electrons. The van der Waals surface area contributed by atoms with Gasteiger partial charge in [0.25, 0.3) is 0 Å². The van der Waals surface area contributed by atoms with Crippen LogP contribution in [0.3, 0.4) is 0 Å². The molecule has 0 N–H and O–H groups in total. The number of aromatic nitrogens is 4. The molecule has 26 heavy (non-hydrogen) atoms. The number of rotatable bonds is 7. The standard InChI is InChI=1S/C20H27N5O/c1-14-2-7-19(23-22-14)24-9-17(12-26-11-16-5-6-16)20-18(10-24)21-13-25(20)8-15-3-4-15/h2,7,13,15-17H,3-6,8-12H2,1H3/t17-/m0/s1. The van der Waals surface area contributed by atoms with Crippen molar-refractivity contribution < 1.29 is 4.74 Å². The van der Waals surface area contributed by atoms with Crippen molar-refractivity contribution in [3.8, 4) is 0 Å². The van der Waals surface area contributed by atoms with E-state index < -0.39 is 0 Å². The number of hydrogen-bond acceptors (Lipinski definition) is 5. The molecule has 0 amide bonds. The molecule has 6 nitrogen and oxygen atoms in total. The van der Waals surface area contributed by atoms with E-state index in [1.807, 2.05) is 19.3 Å². The lowest BCUT2D eigenvalue weighted by molar-refractivity contribution is 0.108. The van der Waals surface area contributed by atoms with Gasteiger partial charge in [0.15, 0.2) is 5.82 Å². The summed E-state index contributed by atoms with van der Waals surface area (Å²) in [5, 5.41) is 8.63. The quantitative estimate of drug-likeness (QED) is 0.766. The smallest absolute Gasteiger partial charge is 0.151 e. The van der Waals surface area contributed by atoms with Gasteiger partial charge in [0.1, 0.15) is 0 Å². The van der Waals surface area contributed by atoms with Crippen molar-refractivity contribution in [2.45, 2.75) is 51.6 Å². The second kappa shape index (κ2) is 6.65. The molecule has 2 aromatic heterocycles. The maximum absolute atomic E-state index is 6.10. The summed E-state index contributed by atoms with van der Waals surface area (Å²) in [6.45, 7) is 6.50. The molecule has 2 saturated carbocycles. The Morgan fingerprint density at radius 3 is 2.65 bits per heavy atom. The van der Waals surface area contributed by atoms with Crippen LogP contribution in [-0.2, 0) is 17.8 Å². The summed E-state index contributed by atoms with van der Waals surface area (Å²) in [5.41, 5.74) is 3.52. The summed E-state index contributed by atoms with van der Waals surface area (Å²) in [4.78, 5) is 7.05. The van der Waals surface area contributed by atoms with Crippen LogP contribution in [0, 0.1) is 18.8 Å². The molecule has 6 heteroatoms. The van der Waals surface area contributed by atoms with Gasteiger partial charge in [-0.2, -0.15) is 5.10 Å². The summed E-state index contributed by atoms with van der Waals surface area (Å²) in [5.74, 6) is 2.93. The minimum absolute atomic E-state index is 0.349. The molecule has 0 aromatic carbocycles. The normalized spacial score (nSPS) is 22.5. The molecule has 1 aliphatic heterocycles. The van der Waals surface area contributed by atoms with Crippen LogP contribution in [0.15, 0.2) is 18.5 Å². The van der Waals surface area contributed by atoms with Gasteiger partial charge >= 0.3 is 0 Å². The summed E-state index contributed by atoms with van der Waals surface area (Å²) in [6, 6.07) is 4.10. The summed E-state index contributed by atoms with van der Waals surface area (Å²) in [6.07, 6.45) is 7.43. The number of anilines is 1. The summed E-state index contributed by atoms with van der Waals surface area (Å²) < 4.78 is 8.50. The lowest BCUT2D eigenvalue weighted by atomic mass is 9.98. The zero-order valence-corrected chi connectivity index (χ0v) is 15.5. The second-order valence-corrected chi connectivity index (χ2v) is 8.26. The average Bonchev–Trinajstić information content (AvgIpc) is 3.56. The fraction of sp³-hybridized carbons (Fsp3) is 0.650. The highest BCUT2D eigenvalue weighted by atomic mass is 16.5. The Bertz CT molecular complexity index is 763. The molecule has 1 atom stereocenters. The Labute approximate surface area is 154 Å². The molecule has 3 aliphatic rings. The molecule has 2 aromatic rings. The molecule has 2 aliphatic carbocycles. The topological polar surface area (TPSA) is 56.1 Å². The van der Waals surface area contributed by atoms with Crippen molar-refractivity contribution in [1.29, 1.82) is 0 Å². The van der Waals surface area contributed by atoms with Gasteiger partial charge in [-0.1, -0.05) is 0 Å². The first-order chi connectivity index (χ1) is 12.8. The molecule has 2 fully saturated rings. The van der Waals surface area contributed by atoms with E-state index >= 15 is 0 Å². The van der Waals surface area contributed by atoms with Crippen LogP contribution < -0.4 is 4.90 Å². The molecule has 0 spiro atoms. The largest absolute Gasteiger partial charge is 0.380 e. The first-order valence-corrected chi connectivity index (χ1v) is 9.93. The van der Waals surface area contributed by atoms with Crippen LogP contribution in [0.25, 0.3) is 0 Å². The maximum atomic E-state index is 6.10. The highest BCUT2D eigenvalue weighted by molar-refractivity contribution is 5.42. The van der Waals surface area contributed by atoms with Gasteiger partial charge in [0.05, 0.1) is 30.9 Å². The summed E-state index contributed by atoms with van der Waals surface area (Å²) in [7, 11) is 0. The Hall–Kier alpha value is -1.95. The SMILES string of the molecule is Cc1ccc(N2Cc3ncn(CC4CC4)c3[C@H](COCC3CC3)C2)nn1. The number of fused-ring (bicyclic) bond motifs is 1. The van der Waals surface area contributed by atoms with Gasteiger partial charge in [-0.15, -0.1) is 5.10 Å². The second-order valence-electron chi connectivity index (χ2n) is 8.26. The van der Waals surface area contributed by atoms with E-state index in [9.17, 15) is 0 Å². The Balaban J connectivity index is 1.38. The first kappa shape index (κ1) is 16.2. The molecule has 5 rings (SSSR count). The van der Waals surface area contributed by atoms with Crippen LogP contribution in [0.1, 0.15) is 48.7 Å².